The average molecular weight is 199 g/mol. The number of allylic oxidation sites excluding steroid dienone is 1. The van der Waals surface area contributed by atoms with E-state index in [2.05, 4.69) is 36.2 Å². The first-order valence-corrected chi connectivity index (χ1v) is 5.66. The highest BCUT2D eigenvalue weighted by Crippen LogP contribution is 2.16. The highest BCUT2D eigenvalue weighted by molar-refractivity contribution is 5.60. The van der Waals surface area contributed by atoms with Gasteiger partial charge < -0.3 is 0 Å². The lowest BCUT2D eigenvalue weighted by Crippen LogP contribution is -1.95. The van der Waals surface area contributed by atoms with Gasteiger partial charge in [0, 0.05) is 12.4 Å². The second kappa shape index (κ2) is 4.92. The summed E-state index contributed by atoms with van der Waals surface area (Å²) < 4.78 is 0. The summed E-state index contributed by atoms with van der Waals surface area (Å²) in [4.78, 5) is 4.20. The van der Waals surface area contributed by atoms with Crippen molar-refractivity contribution < 1.29 is 0 Å². The van der Waals surface area contributed by atoms with Gasteiger partial charge in [0.2, 0.25) is 0 Å². The molecule has 0 unspecified atom stereocenters. The van der Waals surface area contributed by atoms with Crippen LogP contribution in [0.2, 0.25) is 0 Å². The van der Waals surface area contributed by atoms with Crippen LogP contribution in [0.1, 0.15) is 30.9 Å². The van der Waals surface area contributed by atoms with Gasteiger partial charge in [-0.15, -0.1) is 0 Å². The van der Waals surface area contributed by atoms with E-state index in [0.717, 1.165) is 19.3 Å². The molecule has 0 atom stereocenters. The summed E-state index contributed by atoms with van der Waals surface area (Å²) in [6.45, 7) is 2.19. The average Bonchev–Trinajstić information content (AvgIpc) is 2.31. The molecule has 1 nitrogen and oxygen atoms in total. The number of hydrogen-bond acceptors (Lipinski definition) is 1. The van der Waals surface area contributed by atoms with E-state index in [-0.39, 0.29) is 0 Å². The zero-order chi connectivity index (χ0) is 10.5. The van der Waals surface area contributed by atoms with Gasteiger partial charge in [0.05, 0.1) is 0 Å². The van der Waals surface area contributed by atoms with Gasteiger partial charge in [-0.25, -0.2) is 0 Å². The fraction of sp³-hybridized carbons (Fsp3) is 0.357. The van der Waals surface area contributed by atoms with Crippen molar-refractivity contribution in [2.75, 3.05) is 0 Å². The maximum absolute atomic E-state index is 4.20. The first kappa shape index (κ1) is 10.2. The molecule has 1 aromatic rings. The SMILES string of the molecule is CCc1ccc(CC2=CN=CCC2)cc1. The summed E-state index contributed by atoms with van der Waals surface area (Å²) in [5, 5.41) is 0. The van der Waals surface area contributed by atoms with Crippen molar-refractivity contribution in [1.82, 2.24) is 0 Å². The number of aryl methyl sites for hydroxylation is 1. The number of hydrogen-bond donors (Lipinski definition) is 0. The fourth-order valence-corrected chi connectivity index (χ4v) is 1.84. The van der Waals surface area contributed by atoms with Gasteiger partial charge in [-0.3, -0.25) is 4.99 Å². The van der Waals surface area contributed by atoms with E-state index in [1.54, 1.807) is 0 Å². The number of benzene rings is 1. The van der Waals surface area contributed by atoms with Gasteiger partial charge in [-0.05, 0) is 42.4 Å². The smallest absolute Gasteiger partial charge is 0.0259 e. The molecule has 1 heterocycles. The molecule has 0 radical (unpaired) electrons. The minimum absolute atomic E-state index is 1.06. The Morgan fingerprint density at radius 2 is 1.87 bits per heavy atom. The lowest BCUT2D eigenvalue weighted by Gasteiger charge is -2.08. The maximum atomic E-state index is 4.20. The van der Waals surface area contributed by atoms with Crippen LogP contribution >= 0.6 is 0 Å². The number of rotatable bonds is 3. The van der Waals surface area contributed by atoms with E-state index < -0.39 is 0 Å². The zero-order valence-electron chi connectivity index (χ0n) is 9.24. The van der Waals surface area contributed by atoms with E-state index in [0.29, 0.717) is 0 Å². The van der Waals surface area contributed by atoms with Crippen LogP contribution < -0.4 is 0 Å². The van der Waals surface area contributed by atoms with Crippen LogP contribution in [0, 0.1) is 0 Å². The van der Waals surface area contributed by atoms with Crippen LogP contribution in [-0.4, -0.2) is 6.21 Å². The Kier molecular flexibility index (Phi) is 3.33. The monoisotopic (exact) mass is 199 g/mol. The minimum atomic E-state index is 1.06. The number of nitrogens with zero attached hydrogens (tertiary/aromatic N) is 1. The van der Waals surface area contributed by atoms with Crippen molar-refractivity contribution in [2.45, 2.75) is 32.6 Å². The fourth-order valence-electron chi connectivity index (χ4n) is 1.84. The third-order valence-electron chi connectivity index (χ3n) is 2.82. The standard InChI is InChI=1S/C14H17N/c1-2-12-5-7-13(8-6-12)10-14-4-3-9-15-11-14/h5-9,11H,2-4,10H2,1H3. The summed E-state index contributed by atoms with van der Waals surface area (Å²) in [6, 6.07) is 8.92. The third-order valence-corrected chi connectivity index (χ3v) is 2.82. The molecule has 15 heavy (non-hydrogen) atoms. The molecule has 1 heteroatoms. The van der Waals surface area contributed by atoms with Crippen LogP contribution in [0.3, 0.4) is 0 Å². The van der Waals surface area contributed by atoms with Crippen LogP contribution in [0.15, 0.2) is 41.0 Å². The molecule has 1 aliphatic rings. The third kappa shape index (κ3) is 2.79. The molecule has 2 rings (SSSR count). The molecule has 0 saturated heterocycles. The molecule has 1 aromatic carbocycles. The number of aliphatic imine (C=N–C) groups is 1. The normalized spacial score (nSPS) is 15.1. The van der Waals surface area contributed by atoms with Crippen molar-refractivity contribution in [1.29, 1.82) is 0 Å². The molecule has 0 amide bonds. The summed E-state index contributed by atoms with van der Waals surface area (Å²) in [5.41, 5.74) is 4.26. The Labute approximate surface area is 91.6 Å². The molecule has 1 aliphatic heterocycles. The molecule has 0 bridgehead atoms. The van der Waals surface area contributed by atoms with Crippen LogP contribution in [0.25, 0.3) is 0 Å². The summed E-state index contributed by atoms with van der Waals surface area (Å²) in [6.07, 6.45) is 8.44. The van der Waals surface area contributed by atoms with Crippen LogP contribution in [-0.2, 0) is 12.8 Å². The Hall–Kier alpha value is -1.37. The predicted octanol–water partition coefficient (Wildman–Crippen LogP) is 3.54. The van der Waals surface area contributed by atoms with Crippen LogP contribution in [0.5, 0.6) is 0 Å². The van der Waals surface area contributed by atoms with Crippen molar-refractivity contribution in [3.05, 3.63) is 47.2 Å². The Bertz CT molecular complexity index is 371. The molecule has 0 N–H and O–H groups in total. The Morgan fingerprint density at radius 3 is 2.47 bits per heavy atom. The predicted molar refractivity (Wildman–Crippen MR) is 65.3 cm³/mol. The van der Waals surface area contributed by atoms with Gasteiger partial charge in [0.25, 0.3) is 0 Å². The summed E-state index contributed by atoms with van der Waals surface area (Å²) in [5.74, 6) is 0. The molecule has 0 spiro atoms. The maximum Gasteiger partial charge on any atom is 0.0259 e. The first-order chi connectivity index (χ1) is 7.38. The second-order valence-corrected chi connectivity index (χ2v) is 4.00. The van der Waals surface area contributed by atoms with Crippen molar-refractivity contribution in [3.63, 3.8) is 0 Å². The van der Waals surface area contributed by atoms with Gasteiger partial charge in [0.1, 0.15) is 0 Å². The van der Waals surface area contributed by atoms with E-state index >= 15 is 0 Å². The van der Waals surface area contributed by atoms with Crippen LogP contribution in [0.4, 0.5) is 0 Å². The molecule has 78 valence electrons. The van der Waals surface area contributed by atoms with Crippen molar-refractivity contribution >= 4 is 6.21 Å². The lowest BCUT2D eigenvalue weighted by molar-refractivity contribution is 0.932. The van der Waals surface area contributed by atoms with Gasteiger partial charge >= 0.3 is 0 Å². The molecular weight excluding hydrogens is 182 g/mol. The van der Waals surface area contributed by atoms with E-state index in [1.807, 2.05) is 12.4 Å². The first-order valence-electron chi connectivity index (χ1n) is 5.66. The quantitative estimate of drug-likeness (QED) is 0.706. The summed E-state index contributed by atoms with van der Waals surface area (Å²) in [7, 11) is 0. The van der Waals surface area contributed by atoms with E-state index in [1.165, 1.54) is 23.1 Å². The van der Waals surface area contributed by atoms with Gasteiger partial charge in [0.15, 0.2) is 0 Å². The molecule has 0 fully saturated rings. The largest absolute Gasteiger partial charge is 0.269 e. The molecule has 0 aromatic heterocycles. The van der Waals surface area contributed by atoms with E-state index in [4.69, 9.17) is 0 Å². The van der Waals surface area contributed by atoms with E-state index in [9.17, 15) is 0 Å². The highest BCUT2D eigenvalue weighted by Gasteiger charge is 2.02. The molecule has 0 saturated carbocycles. The molecular formula is C14H17N. The van der Waals surface area contributed by atoms with Gasteiger partial charge in [-0.1, -0.05) is 31.2 Å². The highest BCUT2D eigenvalue weighted by atomic mass is 14.7. The minimum Gasteiger partial charge on any atom is -0.269 e. The summed E-state index contributed by atoms with van der Waals surface area (Å²) >= 11 is 0. The van der Waals surface area contributed by atoms with Crippen molar-refractivity contribution in [2.24, 2.45) is 4.99 Å². The Balaban J connectivity index is 2.04. The topological polar surface area (TPSA) is 12.4 Å². The van der Waals surface area contributed by atoms with Crippen molar-refractivity contribution in [3.8, 4) is 0 Å². The Morgan fingerprint density at radius 1 is 1.13 bits per heavy atom. The zero-order valence-corrected chi connectivity index (χ0v) is 9.24. The van der Waals surface area contributed by atoms with Gasteiger partial charge in [-0.2, -0.15) is 0 Å². The lowest BCUT2D eigenvalue weighted by atomic mass is 10.00. The second-order valence-electron chi connectivity index (χ2n) is 4.00. The molecule has 0 aliphatic carbocycles.